The monoisotopic (exact) mass is 423 g/mol. The number of hydrogen-bond donors (Lipinski definition) is 0. The highest BCUT2D eigenvalue weighted by molar-refractivity contribution is 6.04. The molecule has 7 nitrogen and oxygen atoms in total. The Morgan fingerprint density at radius 1 is 1.13 bits per heavy atom. The number of furan rings is 1. The van der Waals surface area contributed by atoms with Gasteiger partial charge < -0.3 is 14.2 Å². The van der Waals surface area contributed by atoms with Gasteiger partial charge in [-0.3, -0.25) is 14.9 Å². The van der Waals surface area contributed by atoms with Crippen LogP contribution in [0.2, 0.25) is 0 Å². The highest BCUT2D eigenvalue weighted by atomic mass is 19.1. The third-order valence-electron chi connectivity index (χ3n) is 5.28. The summed E-state index contributed by atoms with van der Waals surface area (Å²) in [6.07, 6.45) is 2.35. The molecule has 0 unspecified atom stereocenters. The first kappa shape index (κ1) is 20.6. The van der Waals surface area contributed by atoms with Crippen LogP contribution in [0.5, 0.6) is 0 Å². The molecule has 0 radical (unpaired) electrons. The van der Waals surface area contributed by atoms with Gasteiger partial charge in [0, 0.05) is 24.0 Å². The summed E-state index contributed by atoms with van der Waals surface area (Å²) in [4.78, 5) is 27.2. The largest absolute Gasteiger partial charge is 0.433 e. The van der Waals surface area contributed by atoms with Crippen molar-refractivity contribution in [2.75, 3.05) is 16.3 Å². The molecule has 1 amide bonds. The molecule has 1 heterocycles. The van der Waals surface area contributed by atoms with E-state index in [1.165, 1.54) is 48.1 Å². The van der Waals surface area contributed by atoms with Crippen molar-refractivity contribution in [3.8, 4) is 0 Å². The molecule has 1 fully saturated rings. The first-order valence-corrected chi connectivity index (χ1v) is 10.1. The van der Waals surface area contributed by atoms with Crippen molar-refractivity contribution in [2.45, 2.75) is 32.4 Å². The summed E-state index contributed by atoms with van der Waals surface area (Å²) >= 11 is 0. The minimum atomic E-state index is -0.695. The maximum atomic E-state index is 13.5. The Kier molecular flexibility index (Phi) is 5.70. The Morgan fingerprint density at radius 3 is 2.48 bits per heavy atom. The standard InChI is InChI=1S/C23H22FN3O4/c1-2-25(18-10-11-18)20-5-3-4-16(14-20)15-26(19-8-6-17(24)7-9-19)23(28)21-12-13-22(31-21)27(29)30/h3-9,12-14,18H,2,10-11,15H2,1H3. The van der Waals surface area contributed by atoms with E-state index >= 15 is 0 Å². The summed E-state index contributed by atoms with van der Waals surface area (Å²) in [5.74, 6) is -1.62. The molecule has 2 aromatic carbocycles. The van der Waals surface area contributed by atoms with E-state index in [-0.39, 0.29) is 12.3 Å². The molecule has 8 heteroatoms. The number of hydrogen-bond acceptors (Lipinski definition) is 5. The number of nitro groups is 1. The Morgan fingerprint density at radius 2 is 1.87 bits per heavy atom. The molecular formula is C23H22FN3O4. The Labute approximate surface area is 178 Å². The summed E-state index contributed by atoms with van der Waals surface area (Å²) in [5.41, 5.74) is 2.43. The van der Waals surface area contributed by atoms with Crippen molar-refractivity contribution >= 4 is 23.2 Å². The lowest BCUT2D eigenvalue weighted by Crippen LogP contribution is -2.30. The Hall–Kier alpha value is -3.68. The van der Waals surface area contributed by atoms with Gasteiger partial charge in [0.2, 0.25) is 0 Å². The molecule has 1 aromatic heterocycles. The predicted octanol–water partition coefficient (Wildman–Crippen LogP) is 5.16. The lowest BCUT2D eigenvalue weighted by atomic mass is 10.1. The number of nitrogens with zero attached hydrogens (tertiary/aromatic N) is 3. The quantitative estimate of drug-likeness (QED) is 0.369. The topological polar surface area (TPSA) is 79.8 Å². The van der Waals surface area contributed by atoms with Crippen LogP contribution in [0.15, 0.2) is 65.1 Å². The van der Waals surface area contributed by atoms with Gasteiger partial charge in [0.1, 0.15) is 10.7 Å². The van der Waals surface area contributed by atoms with Gasteiger partial charge in [-0.2, -0.15) is 0 Å². The van der Waals surface area contributed by atoms with Gasteiger partial charge in [-0.15, -0.1) is 0 Å². The summed E-state index contributed by atoms with van der Waals surface area (Å²) in [6.45, 7) is 3.21. The number of rotatable bonds is 8. The van der Waals surface area contributed by atoms with E-state index in [9.17, 15) is 19.3 Å². The van der Waals surface area contributed by atoms with Gasteiger partial charge in [0.25, 0.3) is 5.91 Å². The van der Waals surface area contributed by atoms with Crippen LogP contribution in [0.1, 0.15) is 35.9 Å². The van der Waals surface area contributed by atoms with E-state index in [0.29, 0.717) is 11.7 Å². The third-order valence-corrected chi connectivity index (χ3v) is 5.28. The Bertz CT molecular complexity index is 1090. The molecule has 1 aliphatic rings. The lowest BCUT2D eigenvalue weighted by Gasteiger charge is -2.25. The zero-order valence-corrected chi connectivity index (χ0v) is 17.0. The van der Waals surface area contributed by atoms with E-state index < -0.39 is 22.5 Å². The number of carbonyl (C=O) groups excluding carboxylic acids is 1. The Balaban J connectivity index is 1.65. The van der Waals surface area contributed by atoms with Gasteiger partial charge in [-0.05, 0) is 67.8 Å². The van der Waals surface area contributed by atoms with E-state index in [0.717, 1.165) is 23.9 Å². The van der Waals surface area contributed by atoms with Crippen molar-refractivity contribution in [3.63, 3.8) is 0 Å². The highest BCUT2D eigenvalue weighted by Gasteiger charge is 2.28. The maximum Gasteiger partial charge on any atom is 0.433 e. The molecule has 1 saturated carbocycles. The first-order valence-electron chi connectivity index (χ1n) is 10.1. The number of amides is 1. The second-order valence-electron chi connectivity index (χ2n) is 7.45. The average molecular weight is 423 g/mol. The van der Waals surface area contributed by atoms with Crippen LogP contribution in [0.25, 0.3) is 0 Å². The van der Waals surface area contributed by atoms with Crippen LogP contribution in [-0.4, -0.2) is 23.4 Å². The summed E-state index contributed by atoms with van der Waals surface area (Å²) in [6, 6.07) is 16.4. The molecule has 0 saturated heterocycles. The smallest absolute Gasteiger partial charge is 0.395 e. The molecule has 0 spiro atoms. The van der Waals surface area contributed by atoms with Crippen molar-refractivity contribution in [3.05, 3.63) is 87.9 Å². The van der Waals surface area contributed by atoms with Gasteiger partial charge >= 0.3 is 5.88 Å². The molecular weight excluding hydrogens is 401 g/mol. The lowest BCUT2D eigenvalue weighted by molar-refractivity contribution is -0.402. The minimum absolute atomic E-state index is 0.152. The molecule has 31 heavy (non-hydrogen) atoms. The van der Waals surface area contributed by atoms with Gasteiger partial charge in [-0.25, -0.2) is 4.39 Å². The SMILES string of the molecule is CCN(c1cccc(CN(C(=O)c2ccc([N+](=O)[O-])o2)c2ccc(F)cc2)c1)C1CC1. The fraction of sp³-hybridized carbons (Fsp3) is 0.261. The zero-order chi connectivity index (χ0) is 22.0. The summed E-state index contributed by atoms with van der Waals surface area (Å²) < 4.78 is 18.6. The second kappa shape index (κ2) is 8.59. The summed E-state index contributed by atoms with van der Waals surface area (Å²) in [7, 11) is 0. The summed E-state index contributed by atoms with van der Waals surface area (Å²) in [5, 5.41) is 10.9. The zero-order valence-electron chi connectivity index (χ0n) is 17.0. The van der Waals surface area contributed by atoms with Crippen LogP contribution in [-0.2, 0) is 6.54 Å². The van der Waals surface area contributed by atoms with Gasteiger partial charge in [0.05, 0.1) is 12.6 Å². The van der Waals surface area contributed by atoms with Crippen LogP contribution >= 0.6 is 0 Å². The van der Waals surface area contributed by atoms with Crippen LogP contribution in [0, 0.1) is 15.9 Å². The van der Waals surface area contributed by atoms with Crippen molar-refractivity contribution in [2.24, 2.45) is 0 Å². The number of halogens is 1. The van der Waals surface area contributed by atoms with Crippen molar-refractivity contribution in [1.82, 2.24) is 0 Å². The molecule has 160 valence electrons. The highest BCUT2D eigenvalue weighted by Crippen LogP contribution is 2.32. The van der Waals surface area contributed by atoms with Crippen LogP contribution in [0.3, 0.4) is 0 Å². The average Bonchev–Trinajstić information content (AvgIpc) is 3.47. The molecule has 0 N–H and O–H groups in total. The predicted molar refractivity (Wildman–Crippen MR) is 115 cm³/mol. The van der Waals surface area contributed by atoms with Crippen LogP contribution < -0.4 is 9.80 Å². The molecule has 0 atom stereocenters. The van der Waals surface area contributed by atoms with Gasteiger partial charge in [0.15, 0.2) is 5.76 Å². The van der Waals surface area contributed by atoms with E-state index in [1.807, 2.05) is 24.3 Å². The minimum Gasteiger partial charge on any atom is -0.395 e. The number of carbonyl (C=O) groups is 1. The second-order valence-corrected chi connectivity index (χ2v) is 7.45. The van der Waals surface area contributed by atoms with Crippen molar-refractivity contribution in [1.29, 1.82) is 0 Å². The number of anilines is 2. The number of benzene rings is 2. The molecule has 1 aliphatic carbocycles. The van der Waals surface area contributed by atoms with E-state index in [1.54, 1.807) is 0 Å². The first-order chi connectivity index (χ1) is 15.0. The molecule has 0 aliphatic heterocycles. The maximum absolute atomic E-state index is 13.5. The molecule has 4 rings (SSSR count). The normalized spacial score (nSPS) is 13.1. The molecule has 3 aromatic rings. The van der Waals surface area contributed by atoms with Gasteiger partial charge in [-0.1, -0.05) is 12.1 Å². The van der Waals surface area contributed by atoms with E-state index in [2.05, 4.69) is 11.8 Å². The van der Waals surface area contributed by atoms with Crippen LogP contribution in [0.4, 0.5) is 21.6 Å². The van der Waals surface area contributed by atoms with E-state index in [4.69, 9.17) is 4.42 Å². The fourth-order valence-electron chi connectivity index (χ4n) is 3.63. The molecule has 0 bridgehead atoms. The third kappa shape index (κ3) is 4.58. The van der Waals surface area contributed by atoms with Crippen molar-refractivity contribution < 1.29 is 18.5 Å². The fourth-order valence-corrected chi connectivity index (χ4v) is 3.63.